The molecule has 0 spiro atoms. The Morgan fingerprint density at radius 1 is 1.13 bits per heavy atom. The Morgan fingerprint density at radius 2 is 1.53 bits per heavy atom. The van der Waals surface area contributed by atoms with Crippen LogP contribution in [0, 0.1) is 0 Å². The van der Waals surface area contributed by atoms with E-state index >= 15 is 0 Å². The summed E-state index contributed by atoms with van der Waals surface area (Å²) in [5.41, 5.74) is -0.159. The molecule has 0 saturated carbocycles. The molecule has 0 aliphatic rings. The van der Waals surface area contributed by atoms with Gasteiger partial charge in [-0.1, -0.05) is 23.2 Å². The average Bonchev–Trinajstić information content (AvgIpc) is 2.09. The van der Waals surface area contributed by atoms with Crippen LogP contribution >= 0.6 is 23.2 Å². The van der Waals surface area contributed by atoms with Gasteiger partial charge in [0.15, 0.2) is 5.92 Å². The molecule has 0 aliphatic heterocycles. The highest BCUT2D eigenvalue weighted by molar-refractivity contribution is 6.36. The predicted molar refractivity (Wildman–Crippen MR) is 52.3 cm³/mol. The van der Waals surface area contributed by atoms with E-state index in [4.69, 9.17) is 33.4 Å². The quantitative estimate of drug-likeness (QED) is 0.796. The van der Waals surface area contributed by atoms with Gasteiger partial charge < -0.3 is 10.2 Å². The van der Waals surface area contributed by atoms with E-state index < -0.39 is 17.9 Å². The van der Waals surface area contributed by atoms with Crippen LogP contribution in [0.4, 0.5) is 0 Å². The highest BCUT2D eigenvalue weighted by Crippen LogP contribution is 2.30. The number of carboxylic acid groups (broad SMARTS) is 2. The fourth-order valence-corrected chi connectivity index (χ4v) is 1.63. The number of hydrogen-bond acceptors (Lipinski definition) is 3. The van der Waals surface area contributed by atoms with Crippen LogP contribution in [0.15, 0.2) is 12.4 Å². The maximum absolute atomic E-state index is 10.7. The second-order valence-corrected chi connectivity index (χ2v) is 3.44. The first-order valence-electron chi connectivity index (χ1n) is 3.69. The lowest BCUT2D eigenvalue weighted by molar-refractivity contribution is -0.150. The molecule has 0 amide bonds. The van der Waals surface area contributed by atoms with Crippen molar-refractivity contribution in [1.29, 1.82) is 0 Å². The number of hydrogen-bond donors (Lipinski definition) is 2. The third-order valence-electron chi connectivity index (χ3n) is 1.67. The van der Waals surface area contributed by atoms with Crippen molar-refractivity contribution in [2.75, 3.05) is 0 Å². The summed E-state index contributed by atoms with van der Waals surface area (Å²) in [6.07, 6.45) is 2.28. The Morgan fingerprint density at radius 3 is 1.87 bits per heavy atom. The number of pyridine rings is 1. The molecule has 0 unspecified atom stereocenters. The van der Waals surface area contributed by atoms with Crippen molar-refractivity contribution in [2.45, 2.75) is 5.92 Å². The van der Waals surface area contributed by atoms with Crippen LogP contribution in [0.25, 0.3) is 0 Å². The minimum atomic E-state index is -1.78. The van der Waals surface area contributed by atoms with Crippen LogP contribution in [0.2, 0.25) is 10.0 Å². The summed E-state index contributed by atoms with van der Waals surface area (Å²) in [5, 5.41) is 17.3. The van der Waals surface area contributed by atoms with Crippen LogP contribution < -0.4 is 0 Å². The highest BCUT2D eigenvalue weighted by Gasteiger charge is 2.32. The second-order valence-electron chi connectivity index (χ2n) is 2.63. The molecule has 1 aromatic rings. The molecule has 0 atom stereocenters. The molecular formula is C8H5Cl2NO4. The molecule has 1 rings (SSSR count). The van der Waals surface area contributed by atoms with E-state index in [1.165, 1.54) is 0 Å². The number of carbonyl (C=O) groups is 2. The Hall–Kier alpha value is -1.33. The van der Waals surface area contributed by atoms with E-state index in [1.807, 2.05) is 0 Å². The molecule has 0 radical (unpaired) electrons. The lowest BCUT2D eigenvalue weighted by Gasteiger charge is -2.10. The molecule has 0 aliphatic carbocycles. The number of aliphatic carboxylic acids is 2. The largest absolute Gasteiger partial charge is 0.480 e. The Labute approximate surface area is 94.3 Å². The van der Waals surface area contributed by atoms with Gasteiger partial charge in [-0.15, -0.1) is 0 Å². The first kappa shape index (κ1) is 11.7. The molecule has 0 fully saturated rings. The van der Waals surface area contributed by atoms with Gasteiger partial charge in [0.1, 0.15) is 0 Å². The van der Waals surface area contributed by atoms with Crippen LogP contribution in [0.1, 0.15) is 11.5 Å². The van der Waals surface area contributed by atoms with Crippen molar-refractivity contribution in [1.82, 2.24) is 4.98 Å². The number of aromatic nitrogens is 1. The summed E-state index contributed by atoms with van der Waals surface area (Å²) in [6, 6.07) is 0. The van der Waals surface area contributed by atoms with E-state index in [0.717, 1.165) is 12.4 Å². The third kappa shape index (κ3) is 2.37. The molecule has 5 nitrogen and oxygen atoms in total. The van der Waals surface area contributed by atoms with Crippen LogP contribution in [0.3, 0.4) is 0 Å². The molecule has 0 bridgehead atoms. The van der Waals surface area contributed by atoms with Gasteiger partial charge in [0.2, 0.25) is 0 Å². The van der Waals surface area contributed by atoms with Crippen molar-refractivity contribution < 1.29 is 19.8 Å². The summed E-state index contributed by atoms with van der Waals surface area (Å²) in [5.74, 6) is -4.84. The van der Waals surface area contributed by atoms with Crippen molar-refractivity contribution in [3.8, 4) is 0 Å². The first-order valence-corrected chi connectivity index (χ1v) is 4.45. The van der Waals surface area contributed by atoms with Gasteiger partial charge in [-0.2, -0.15) is 0 Å². The third-order valence-corrected chi connectivity index (χ3v) is 2.28. The molecule has 7 heteroatoms. The standard InChI is InChI=1S/C8H5Cl2NO4/c9-3-1-11-2-4(10)5(3)6(7(12)13)8(14)15/h1-2,6H,(H,12,13)(H,14,15). The molecule has 80 valence electrons. The zero-order valence-electron chi connectivity index (χ0n) is 7.15. The van der Waals surface area contributed by atoms with Crippen molar-refractivity contribution in [3.05, 3.63) is 28.0 Å². The predicted octanol–water partition coefficient (Wildman–Crippen LogP) is 1.64. The Kier molecular flexibility index (Phi) is 3.49. The SMILES string of the molecule is O=C(O)C(C(=O)O)c1c(Cl)cncc1Cl. The maximum atomic E-state index is 10.7. The van der Waals surface area contributed by atoms with Gasteiger partial charge in [0.25, 0.3) is 0 Å². The van der Waals surface area contributed by atoms with Gasteiger partial charge in [-0.3, -0.25) is 14.6 Å². The summed E-state index contributed by atoms with van der Waals surface area (Å²) < 4.78 is 0. The smallest absolute Gasteiger partial charge is 0.322 e. The second kappa shape index (κ2) is 4.46. The van der Waals surface area contributed by atoms with Gasteiger partial charge in [0, 0.05) is 18.0 Å². The van der Waals surface area contributed by atoms with Gasteiger partial charge >= 0.3 is 11.9 Å². The van der Waals surface area contributed by atoms with Crippen molar-refractivity contribution in [2.24, 2.45) is 0 Å². The number of rotatable bonds is 3. The fraction of sp³-hybridized carbons (Fsp3) is 0.125. The number of nitrogens with zero attached hydrogens (tertiary/aromatic N) is 1. The Bertz CT molecular complexity index is 387. The molecule has 0 saturated heterocycles. The fourth-order valence-electron chi connectivity index (χ4n) is 1.05. The molecule has 2 N–H and O–H groups in total. The Balaban J connectivity index is 3.35. The van der Waals surface area contributed by atoms with E-state index in [1.54, 1.807) is 0 Å². The monoisotopic (exact) mass is 249 g/mol. The minimum absolute atomic E-state index is 0.0858. The summed E-state index contributed by atoms with van der Waals surface area (Å²) in [4.78, 5) is 25.1. The van der Waals surface area contributed by atoms with Crippen molar-refractivity contribution in [3.63, 3.8) is 0 Å². The summed E-state index contributed by atoms with van der Waals surface area (Å²) in [7, 11) is 0. The first-order chi connectivity index (χ1) is 6.95. The highest BCUT2D eigenvalue weighted by atomic mass is 35.5. The molecule has 1 heterocycles. The number of carboxylic acids is 2. The average molecular weight is 250 g/mol. The zero-order valence-corrected chi connectivity index (χ0v) is 8.66. The van der Waals surface area contributed by atoms with Gasteiger partial charge in [-0.05, 0) is 0 Å². The van der Waals surface area contributed by atoms with E-state index in [0.29, 0.717) is 0 Å². The van der Waals surface area contributed by atoms with Gasteiger partial charge in [-0.25, -0.2) is 0 Å². The summed E-state index contributed by atoms with van der Waals surface area (Å²) >= 11 is 11.3. The maximum Gasteiger partial charge on any atom is 0.322 e. The molecule has 15 heavy (non-hydrogen) atoms. The normalized spacial score (nSPS) is 10.3. The summed E-state index contributed by atoms with van der Waals surface area (Å²) in [6.45, 7) is 0. The van der Waals surface area contributed by atoms with E-state index in [-0.39, 0.29) is 15.6 Å². The van der Waals surface area contributed by atoms with Crippen LogP contribution in [0.5, 0.6) is 0 Å². The zero-order chi connectivity index (χ0) is 11.6. The lowest BCUT2D eigenvalue weighted by Crippen LogP contribution is -2.21. The minimum Gasteiger partial charge on any atom is -0.480 e. The topological polar surface area (TPSA) is 87.5 Å². The van der Waals surface area contributed by atoms with Crippen LogP contribution in [-0.4, -0.2) is 27.1 Å². The van der Waals surface area contributed by atoms with E-state index in [2.05, 4.69) is 4.98 Å². The lowest BCUT2D eigenvalue weighted by atomic mass is 10.0. The van der Waals surface area contributed by atoms with Crippen LogP contribution in [-0.2, 0) is 9.59 Å². The molecular weight excluding hydrogens is 245 g/mol. The van der Waals surface area contributed by atoms with Gasteiger partial charge in [0.05, 0.1) is 10.0 Å². The van der Waals surface area contributed by atoms with E-state index in [9.17, 15) is 9.59 Å². The number of halogens is 2. The molecule has 0 aromatic carbocycles. The van der Waals surface area contributed by atoms with Crippen molar-refractivity contribution >= 4 is 35.1 Å². The molecule has 1 aromatic heterocycles.